The van der Waals surface area contributed by atoms with Crippen LogP contribution in [0.3, 0.4) is 0 Å². The maximum atomic E-state index is 4.06. The van der Waals surface area contributed by atoms with Crippen LogP contribution in [0.25, 0.3) is 11.1 Å². The van der Waals surface area contributed by atoms with Crippen molar-refractivity contribution >= 4 is 0 Å². The summed E-state index contributed by atoms with van der Waals surface area (Å²) in [5, 5.41) is 0. The van der Waals surface area contributed by atoms with Gasteiger partial charge < -0.3 is 0 Å². The third-order valence-corrected chi connectivity index (χ3v) is 3.21. The van der Waals surface area contributed by atoms with Gasteiger partial charge in [-0.05, 0) is 60.2 Å². The summed E-state index contributed by atoms with van der Waals surface area (Å²) in [4.78, 5) is 4.06. The van der Waals surface area contributed by atoms with Gasteiger partial charge in [-0.1, -0.05) is 25.5 Å². The molecule has 0 saturated carbocycles. The van der Waals surface area contributed by atoms with Crippen molar-refractivity contribution in [3.8, 4) is 11.1 Å². The average molecular weight is 225 g/mol. The molecule has 1 heteroatoms. The number of nitrogens with zero attached hydrogens (tertiary/aromatic N) is 1. The van der Waals surface area contributed by atoms with E-state index < -0.39 is 0 Å². The van der Waals surface area contributed by atoms with Gasteiger partial charge in [-0.15, -0.1) is 0 Å². The van der Waals surface area contributed by atoms with Crippen molar-refractivity contribution in [2.24, 2.45) is 0 Å². The molecular weight excluding hydrogens is 206 g/mol. The summed E-state index contributed by atoms with van der Waals surface area (Å²) >= 11 is 0. The number of benzene rings is 1. The number of aryl methyl sites for hydroxylation is 2. The Kier molecular flexibility index (Phi) is 3.58. The third-order valence-electron chi connectivity index (χ3n) is 3.21. The molecule has 0 atom stereocenters. The smallest absolute Gasteiger partial charge is 0.0273 e. The molecule has 0 N–H and O–H groups in total. The first-order chi connectivity index (χ1) is 8.22. The minimum absolute atomic E-state index is 1.17. The Labute approximate surface area is 104 Å². The molecule has 2 rings (SSSR count). The van der Waals surface area contributed by atoms with Gasteiger partial charge in [0.05, 0.1) is 0 Å². The Morgan fingerprint density at radius 2 is 1.53 bits per heavy atom. The first kappa shape index (κ1) is 11.8. The van der Waals surface area contributed by atoms with Crippen LogP contribution in [-0.2, 0) is 6.42 Å². The normalized spacial score (nSPS) is 10.5. The van der Waals surface area contributed by atoms with Crippen molar-refractivity contribution in [1.82, 2.24) is 4.98 Å². The topological polar surface area (TPSA) is 12.9 Å². The van der Waals surface area contributed by atoms with E-state index in [2.05, 4.69) is 50.0 Å². The van der Waals surface area contributed by atoms with Crippen LogP contribution < -0.4 is 0 Å². The Hall–Kier alpha value is -1.63. The van der Waals surface area contributed by atoms with E-state index in [0.29, 0.717) is 0 Å². The van der Waals surface area contributed by atoms with Crippen molar-refractivity contribution in [1.29, 1.82) is 0 Å². The van der Waals surface area contributed by atoms with Crippen LogP contribution in [0.4, 0.5) is 0 Å². The number of rotatable bonds is 3. The highest BCUT2D eigenvalue weighted by Crippen LogP contribution is 2.25. The van der Waals surface area contributed by atoms with E-state index in [9.17, 15) is 0 Å². The Morgan fingerprint density at radius 3 is 2.06 bits per heavy atom. The predicted octanol–water partition coefficient (Wildman–Crippen LogP) is 4.32. The van der Waals surface area contributed by atoms with Gasteiger partial charge in [0.25, 0.3) is 0 Å². The lowest BCUT2D eigenvalue weighted by atomic mass is 9.94. The molecule has 0 aliphatic carbocycles. The van der Waals surface area contributed by atoms with E-state index in [0.717, 1.165) is 0 Å². The minimum Gasteiger partial charge on any atom is -0.265 e. The molecule has 2 aromatic rings. The van der Waals surface area contributed by atoms with Crippen LogP contribution in [0.5, 0.6) is 0 Å². The van der Waals surface area contributed by atoms with Gasteiger partial charge >= 0.3 is 0 Å². The first-order valence-electron chi connectivity index (χ1n) is 6.23. The van der Waals surface area contributed by atoms with Gasteiger partial charge in [0.15, 0.2) is 0 Å². The second-order valence-corrected chi connectivity index (χ2v) is 4.57. The highest BCUT2D eigenvalue weighted by molar-refractivity contribution is 5.65. The quantitative estimate of drug-likeness (QED) is 0.758. The third kappa shape index (κ3) is 2.55. The van der Waals surface area contributed by atoms with Crippen LogP contribution in [0.2, 0.25) is 0 Å². The van der Waals surface area contributed by atoms with E-state index >= 15 is 0 Å². The number of pyridine rings is 1. The molecule has 0 saturated heterocycles. The second kappa shape index (κ2) is 5.13. The van der Waals surface area contributed by atoms with Crippen molar-refractivity contribution < 1.29 is 0 Å². The predicted molar refractivity (Wildman–Crippen MR) is 73.1 cm³/mol. The lowest BCUT2D eigenvalue weighted by Gasteiger charge is -2.12. The maximum absolute atomic E-state index is 4.06. The van der Waals surface area contributed by atoms with Crippen molar-refractivity contribution in [3.63, 3.8) is 0 Å². The van der Waals surface area contributed by atoms with Gasteiger partial charge in [0.2, 0.25) is 0 Å². The van der Waals surface area contributed by atoms with E-state index in [1.54, 1.807) is 0 Å². The summed E-state index contributed by atoms with van der Waals surface area (Å²) < 4.78 is 0. The van der Waals surface area contributed by atoms with Crippen LogP contribution >= 0.6 is 0 Å². The summed E-state index contributed by atoms with van der Waals surface area (Å²) in [6.07, 6.45) is 6.07. The van der Waals surface area contributed by atoms with Crippen molar-refractivity contribution in [2.45, 2.75) is 33.6 Å². The SMILES string of the molecule is CCCc1c(C)cc(-c2ccncc2)cc1C. The molecule has 1 aromatic heterocycles. The van der Waals surface area contributed by atoms with Gasteiger partial charge in [-0.2, -0.15) is 0 Å². The Bertz CT molecular complexity index is 477. The Morgan fingerprint density at radius 1 is 0.941 bits per heavy atom. The summed E-state index contributed by atoms with van der Waals surface area (Å²) in [7, 11) is 0. The number of hydrogen-bond donors (Lipinski definition) is 0. The first-order valence-corrected chi connectivity index (χ1v) is 6.23. The second-order valence-electron chi connectivity index (χ2n) is 4.57. The minimum atomic E-state index is 1.17. The molecule has 0 aliphatic heterocycles. The standard InChI is InChI=1S/C16H19N/c1-4-5-16-12(2)10-15(11-13(16)3)14-6-8-17-9-7-14/h6-11H,4-5H2,1-3H3. The molecule has 88 valence electrons. The number of aromatic nitrogens is 1. The molecule has 0 unspecified atom stereocenters. The summed E-state index contributed by atoms with van der Waals surface area (Å²) in [6, 6.07) is 8.70. The highest BCUT2D eigenvalue weighted by atomic mass is 14.6. The zero-order valence-electron chi connectivity index (χ0n) is 10.8. The molecule has 1 aromatic carbocycles. The van der Waals surface area contributed by atoms with Crippen LogP contribution in [0.1, 0.15) is 30.0 Å². The van der Waals surface area contributed by atoms with Gasteiger partial charge in [0.1, 0.15) is 0 Å². The molecule has 0 bridgehead atoms. The molecule has 0 fully saturated rings. The largest absolute Gasteiger partial charge is 0.265 e. The number of hydrogen-bond acceptors (Lipinski definition) is 1. The van der Waals surface area contributed by atoms with Crippen LogP contribution in [0.15, 0.2) is 36.7 Å². The molecular formula is C16H19N. The van der Waals surface area contributed by atoms with Gasteiger partial charge in [-0.3, -0.25) is 4.98 Å². The molecule has 0 aliphatic rings. The van der Waals surface area contributed by atoms with Crippen molar-refractivity contribution in [3.05, 3.63) is 53.3 Å². The van der Waals surface area contributed by atoms with E-state index in [4.69, 9.17) is 0 Å². The zero-order chi connectivity index (χ0) is 12.3. The monoisotopic (exact) mass is 225 g/mol. The fraction of sp³-hybridized carbons (Fsp3) is 0.312. The summed E-state index contributed by atoms with van der Waals surface area (Å²) in [5.41, 5.74) is 6.85. The van der Waals surface area contributed by atoms with Crippen molar-refractivity contribution in [2.75, 3.05) is 0 Å². The molecule has 1 heterocycles. The Balaban J connectivity index is 2.46. The highest BCUT2D eigenvalue weighted by Gasteiger charge is 2.05. The zero-order valence-corrected chi connectivity index (χ0v) is 10.8. The van der Waals surface area contributed by atoms with E-state index in [1.165, 1.54) is 40.7 Å². The summed E-state index contributed by atoms with van der Waals surface area (Å²) in [5.74, 6) is 0. The molecule has 1 nitrogen and oxygen atoms in total. The molecule has 0 radical (unpaired) electrons. The lowest BCUT2D eigenvalue weighted by molar-refractivity contribution is 0.903. The maximum Gasteiger partial charge on any atom is 0.0273 e. The van der Waals surface area contributed by atoms with E-state index in [1.807, 2.05) is 12.4 Å². The lowest BCUT2D eigenvalue weighted by Crippen LogP contribution is -1.94. The summed E-state index contributed by atoms with van der Waals surface area (Å²) in [6.45, 7) is 6.65. The van der Waals surface area contributed by atoms with Gasteiger partial charge in [0, 0.05) is 12.4 Å². The molecule has 0 spiro atoms. The van der Waals surface area contributed by atoms with E-state index in [-0.39, 0.29) is 0 Å². The average Bonchev–Trinajstić information content (AvgIpc) is 2.35. The fourth-order valence-corrected chi connectivity index (χ4v) is 2.35. The molecule has 0 amide bonds. The van der Waals surface area contributed by atoms with Crippen LogP contribution in [-0.4, -0.2) is 4.98 Å². The fourth-order valence-electron chi connectivity index (χ4n) is 2.35. The molecule has 17 heavy (non-hydrogen) atoms. The van der Waals surface area contributed by atoms with Crippen LogP contribution in [0, 0.1) is 13.8 Å². The van der Waals surface area contributed by atoms with Gasteiger partial charge in [-0.25, -0.2) is 0 Å².